The predicted molar refractivity (Wildman–Crippen MR) is 644 cm³/mol. The summed E-state index contributed by atoms with van der Waals surface area (Å²) in [6.45, 7) is 5.26. The summed E-state index contributed by atoms with van der Waals surface area (Å²) in [5.74, 6) is 0. The van der Waals surface area contributed by atoms with Gasteiger partial charge < -0.3 is 35.6 Å². The van der Waals surface area contributed by atoms with E-state index >= 15 is 0 Å². The van der Waals surface area contributed by atoms with Crippen molar-refractivity contribution in [3.05, 3.63) is 135 Å². The Kier molecular flexibility index (Phi) is 75.3. The Morgan fingerprint density at radius 3 is 1.09 bits per heavy atom. The molecule has 630 valence electrons. The van der Waals surface area contributed by atoms with Crippen LogP contribution < -0.4 is 44.9 Å². The van der Waals surface area contributed by atoms with Gasteiger partial charge in [0, 0.05) is 77.9 Å². The molecular formula is C44H97Cl5N6NaO9P45S2. The first-order valence-electron chi connectivity index (χ1n) is 29.9. The zero-order chi connectivity index (χ0) is 84.9. The van der Waals surface area contributed by atoms with Crippen molar-refractivity contribution < 1.29 is 70.9 Å². The number of fused-ring (bicyclic) bond motifs is 3. The molecule has 1 aliphatic heterocycles. The molecule has 0 spiro atoms. The number of sulfonamides is 1. The van der Waals surface area contributed by atoms with E-state index in [9.17, 15) is 16.8 Å². The monoisotopic (exact) mass is 2510 g/mol. The summed E-state index contributed by atoms with van der Waals surface area (Å²) in [6, 6.07) is 28.9. The number of nitrogens with zero attached hydrogens (tertiary/aromatic N) is 4. The smallest absolute Gasteiger partial charge is 1.00 e. The van der Waals surface area contributed by atoms with Gasteiger partial charge in [-0.15, -0.1) is 205 Å². The molecule has 5 aromatic carbocycles. The van der Waals surface area contributed by atoms with E-state index in [1.807, 2.05) is 19.9 Å². The van der Waals surface area contributed by atoms with Gasteiger partial charge in [-0.2, -0.15) is 15.0 Å². The molecule has 68 heteroatoms. The van der Waals surface area contributed by atoms with Crippen LogP contribution in [0.2, 0.25) is 20.4 Å². The predicted octanol–water partition coefficient (Wildman–Crippen LogP) is 34.9. The van der Waals surface area contributed by atoms with E-state index in [0.717, 1.165) is 47.6 Å². The fourth-order valence-electron chi connectivity index (χ4n) is 7.68. The number of rotatable bonds is 26. The minimum atomic E-state index is -3.72. The summed E-state index contributed by atoms with van der Waals surface area (Å²) in [5, 5.41) is 12.3. The van der Waals surface area contributed by atoms with E-state index in [2.05, 4.69) is 231 Å². The zero-order valence-electron chi connectivity index (χ0n) is 61.8. The Labute approximate surface area is 791 Å². The van der Waals surface area contributed by atoms with Crippen LogP contribution in [0.1, 0.15) is 32.3 Å². The van der Waals surface area contributed by atoms with Crippen molar-refractivity contribution in [1.82, 2.24) is 15.0 Å². The van der Waals surface area contributed by atoms with Gasteiger partial charge in [0.15, 0.2) is 16.7 Å². The van der Waals surface area contributed by atoms with Crippen LogP contribution in [0.4, 0.5) is 12.0 Å². The molecule has 26 unspecified atom stereocenters. The molecule has 4 N–H and O–H groups in total. The van der Waals surface area contributed by atoms with Crippen molar-refractivity contribution in [2.75, 3.05) is 50.6 Å². The van der Waals surface area contributed by atoms with Crippen LogP contribution in [0.25, 0.3) is 33.3 Å². The van der Waals surface area contributed by atoms with Crippen molar-refractivity contribution >= 4 is 482 Å². The Hall–Kier alpha value is 15.7. The largest absolute Gasteiger partial charge is 1.00 e. The van der Waals surface area contributed by atoms with Gasteiger partial charge >= 0.3 is 35.6 Å². The molecule has 8 aromatic rings. The molecule has 112 heavy (non-hydrogen) atoms. The van der Waals surface area contributed by atoms with Crippen LogP contribution in [-0.2, 0) is 23.8 Å². The van der Waals surface area contributed by atoms with Crippen LogP contribution in [0.15, 0.2) is 126 Å². The fourth-order valence-corrected chi connectivity index (χ4v) is 639. The number of hydrogen-bond acceptors (Lipinski definition) is 14. The number of aromatic nitrogens is 3. The van der Waals surface area contributed by atoms with Crippen molar-refractivity contribution in [2.24, 2.45) is 5.73 Å². The molecule has 26 atom stereocenters. The summed E-state index contributed by atoms with van der Waals surface area (Å²) in [6.07, 6.45) is 2.56. The van der Waals surface area contributed by atoms with Gasteiger partial charge in [0.1, 0.15) is 16.6 Å². The van der Waals surface area contributed by atoms with Gasteiger partial charge in [0.25, 0.3) is 30.4 Å². The molecule has 1 saturated heterocycles. The number of nitrogens with one attached hydrogen (secondary N) is 1. The summed E-state index contributed by atoms with van der Waals surface area (Å²) in [5.41, 5.74) is 10.3. The molecule has 9 rings (SSSR count). The molecule has 1 fully saturated rings. The quantitative estimate of drug-likeness (QED) is 0.0261. The van der Waals surface area contributed by atoms with E-state index in [4.69, 9.17) is 80.2 Å². The van der Waals surface area contributed by atoms with E-state index in [1.54, 1.807) is 98.9 Å². The summed E-state index contributed by atoms with van der Waals surface area (Å²) in [4.78, 5) is 12.5. The van der Waals surface area contributed by atoms with Crippen LogP contribution in [0, 0.1) is 13.8 Å². The minimum absolute atomic E-state index is 0. The first-order chi connectivity index (χ1) is 51.8. The molecule has 1 aliphatic rings. The fraction of sp³-hybridized carbons (Fsp3) is 0.250. The average molecular weight is 2510 g/mol. The van der Waals surface area contributed by atoms with Crippen LogP contribution in [0.5, 0.6) is 0 Å². The maximum atomic E-state index is 12.6. The molecule has 4 heterocycles. The molecule has 0 amide bonds. The number of anilines is 2. The second-order valence-corrected chi connectivity index (χ2v) is 209. The van der Waals surface area contributed by atoms with E-state index in [-0.39, 0.29) is 205 Å². The van der Waals surface area contributed by atoms with E-state index in [0.29, 0.717) is 43.3 Å². The second kappa shape index (κ2) is 67.1. The Bertz CT molecular complexity index is 4110. The third-order valence-electron chi connectivity index (χ3n) is 12.2. The first kappa shape index (κ1) is 126. The van der Waals surface area contributed by atoms with Gasteiger partial charge in [-0.05, 0) is 260 Å². The number of nitrogens with two attached hydrogens (primary N) is 1. The molecule has 0 aliphatic carbocycles. The van der Waals surface area contributed by atoms with Crippen molar-refractivity contribution in [1.29, 1.82) is 0 Å². The SMILES string of the molecule is C1CCOC1.CCO.CN.CNc1nc2ccc(Cl)cc2o1.Cc1ccc(S(=O)(=O)Cl)cc1.Cc1ccc(S(=O)(=O)N(C)c2nc3ccc(Cl)cc3o2)cc1.Clc1ccc2nc(Cl)oc2c1.PPP(P(P)P)P(P(P(P)P)P(P)P)P(P(P(P(P)P)P(P)P)P(P(P)P)P(P)P)P(P(P(P)P)P(P)P)P(P(P)P)P(P)P.[H-].[Na+]. The normalized spacial score (nSPS) is 13.3. The molecule has 0 radical (unpaired) electrons. The van der Waals surface area contributed by atoms with Gasteiger partial charge in [-0.3, -0.25) is 0 Å². The number of benzene rings is 5. The number of aliphatic hydroxyl groups is 1. The van der Waals surface area contributed by atoms with Crippen molar-refractivity contribution in [3.8, 4) is 0 Å². The summed E-state index contributed by atoms with van der Waals surface area (Å²) < 4.78 is 68.4. The van der Waals surface area contributed by atoms with Gasteiger partial charge in [-0.25, -0.2) is 21.1 Å². The zero-order valence-corrected chi connectivity index (χ0v) is 115. The Morgan fingerprint density at radius 1 is 0.482 bits per heavy atom. The minimum Gasteiger partial charge on any atom is -1.00 e. The Balaban J connectivity index is 0.00000150. The third-order valence-corrected chi connectivity index (χ3v) is 324. The standard InChI is InChI=1S/C15H13ClN2O3S.C8H7ClN2O.C7H3Cl2NO.C7H7ClO2S.C4H8O.C2H6O.CH5N.Na.H47P45.H/c1-10-3-6-12(7-4-10)22(19,20)18(2)15-17-13-8-5-11(16)9-14(13)21-15;1-10-8-11-6-3-2-5(9)4-7(6)12-8;8-4-1-2-5-6(3-4)11-7(9)10-5;1-6-2-4-7(5-3-6)11(8,9)10;1-2-4-5-3-1;1-2-3;1-2;;1-24-36(25(2)3)42(37(26(4)5)27(6)7)45(43(38(28(8)9)29(10)11)39(30(12)13)31(14)15)44(40(32(16)17)33(18)19)41(34(20)21)35(22)23;/h3-9H,1-2H3;2-4H,1H3,(H,10,11);1-3H;2-5H,1H3;1-4H2;3H,2H2,1H3;2H2,1H3;;24H,1-23H2;/q;;;;;;;+1;;-1. The second-order valence-electron chi connectivity index (χ2n) is 20.3. The number of ether oxygens (including phenoxy) is 1. The summed E-state index contributed by atoms with van der Waals surface area (Å²) >= 11 is 22.9. The van der Waals surface area contributed by atoms with Gasteiger partial charge in [0.2, 0.25) is 0 Å². The topological polar surface area (TPSA) is 217 Å². The van der Waals surface area contributed by atoms with E-state index in [1.165, 1.54) is 39.1 Å². The van der Waals surface area contributed by atoms with E-state index < -0.39 is 19.1 Å². The van der Waals surface area contributed by atoms with Crippen LogP contribution in [0.3, 0.4) is 0 Å². The molecule has 15 nitrogen and oxygen atoms in total. The third kappa shape index (κ3) is 44.4. The number of halogens is 5. The number of oxazole rings is 3. The maximum absolute atomic E-state index is 12.6. The number of aryl methyl sites for hydroxylation is 2. The van der Waals surface area contributed by atoms with Crippen molar-refractivity contribution in [2.45, 2.75) is 43.4 Å². The number of aliphatic hydroxyl groups excluding tert-OH is 1. The van der Waals surface area contributed by atoms with Crippen LogP contribution >= 0.6 is 417 Å². The molecule has 3 aromatic heterocycles. The average Bonchev–Trinajstić information content (AvgIpc) is 1.53. The van der Waals surface area contributed by atoms with Gasteiger partial charge in [-0.1, -0.05) is 78.2 Å². The molecule has 0 bridgehead atoms. The molecular weight excluding hydrogens is 2410 g/mol. The number of hydrogen-bond donors (Lipinski definition) is 3. The first-order valence-corrected chi connectivity index (χ1v) is 117. The van der Waals surface area contributed by atoms with Crippen molar-refractivity contribution in [3.63, 3.8) is 0 Å². The summed E-state index contributed by atoms with van der Waals surface area (Å²) in [7, 11) is 82.5. The van der Waals surface area contributed by atoms with Gasteiger partial charge in [0.05, 0.1) is 9.79 Å². The van der Waals surface area contributed by atoms with Crippen LogP contribution in [-0.4, -0.2) is 77.9 Å². The maximum Gasteiger partial charge on any atom is 1.00 e. The Morgan fingerprint density at radius 2 is 0.786 bits per heavy atom. The molecule has 0 saturated carbocycles.